The first-order valence-electron chi connectivity index (χ1n) is 14.6. The molecule has 6 nitrogen and oxygen atoms in total. The molecule has 0 fully saturated rings. The van der Waals surface area contributed by atoms with Crippen LogP contribution in [0.3, 0.4) is 0 Å². The summed E-state index contributed by atoms with van der Waals surface area (Å²) >= 11 is 0. The van der Waals surface area contributed by atoms with Gasteiger partial charge in [-0.3, -0.25) is 4.57 Å². The Morgan fingerprint density at radius 1 is 0.442 bits per heavy atom. The molecular formula is C36H21BN6. The Labute approximate surface area is 246 Å². The minimum Gasteiger partial charge on any atom is -0.344 e. The second-order valence-electron chi connectivity index (χ2n) is 11.5. The molecule has 0 amide bonds. The fourth-order valence-electron chi connectivity index (χ4n) is 7.91. The van der Waals surface area contributed by atoms with E-state index in [9.17, 15) is 0 Å². The van der Waals surface area contributed by atoms with Crippen molar-refractivity contribution in [2.45, 2.75) is 0 Å². The van der Waals surface area contributed by atoms with Gasteiger partial charge in [0.15, 0.2) is 11.6 Å². The number of para-hydroxylation sites is 2. The molecule has 0 aliphatic carbocycles. The summed E-state index contributed by atoms with van der Waals surface area (Å²) in [5.74, 6) is 1.79. The standard InChI is InChI=1S/C36H21BN6/c1-3-15-26-24(13-1)25-14-2-4-16-27(25)40(26)35-34-36(39-21-38-35)43-31-20-8-12-23-10-6-18-29(33(23)31)41-28-17-5-9-22-11-7-19-30(32(22)28)42(34)37(41)43/h1-21H. The van der Waals surface area contributed by atoms with Crippen LogP contribution in [0.5, 0.6) is 0 Å². The van der Waals surface area contributed by atoms with Gasteiger partial charge >= 0.3 is 7.12 Å². The maximum Gasteiger partial charge on any atom is 0.520 e. The Morgan fingerprint density at radius 3 is 1.51 bits per heavy atom. The van der Waals surface area contributed by atoms with Crippen LogP contribution in [0.15, 0.2) is 128 Å². The highest BCUT2D eigenvalue weighted by Gasteiger charge is 2.56. The van der Waals surface area contributed by atoms with E-state index in [0.717, 1.165) is 34.0 Å². The molecule has 5 heterocycles. The zero-order valence-electron chi connectivity index (χ0n) is 22.9. The van der Waals surface area contributed by atoms with Gasteiger partial charge in [0.2, 0.25) is 0 Å². The van der Waals surface area contributed by atoms with Gasteiger partial charge in [0.1, 0.15) is 12.0 Å². The van der Waals surface area contributed by atoms with Crippen LogP contribution in [-0.4, -0.2) is 21.7 Å². The largest absolute Gasteiger partial charge is 0.520 e. The van der Waals surface area contributed by atoms with Crippen LogP contribution >= 0.6 is 0 Å². The van der Waals surface area contributed by atoms with Crippen LogP contribution in [0, 0.1) is 0 Å². The Kier molecular flexibility index (Phi) is 3.82. The number of fused-ring (bicyclic) bond motifs is 10. The molecule has 11 rings (SSSR count). The van der Waals surface area contributed by atoms with Crippen LogP contribution in [0.1, 0.15) is 0 Å². The van der Waals surface area contributed by atoms with Crippen molar-refractivity contribution in [3.05, 3.63) is 128 Å². The summed E-state index contributed by atoms with van der Waals surface area (Å²) in [5.41, 5.74) is 8.02. The smallest absolute Gasteiger partial charge is 0.344 e. The second-order valence-corrected chi connectivity index (χ2v) is 11.5. The third-order valence-electron chi connectivity index (χ3n) is 9.50. The molecule has 3 aliphatic rings. The van der Waals surface area contributed by atoms with Gasteiger partial charge in [-0.25, -0.2) is 9.97 Å². The SMILES string of the molecule is c1cc2c3c(cccc3c1)N1B3N2c2ncnc(-n4c5ccccc5c5ccccc54)c2N3c2cccc3cccc1c23. The maximum absolute atomic E-state index is 5.08. The van der Waals surface area contributed by atoms with Crippen LogP contribution in [0.4, 0.5) is 34.3 Å². The first kappa shape index (κ1) is 21.9. The van der Waals surface area contributed by atoms with Crippen molar-refractivity contribution in [2.75, 3.05) is 14.4 Å². The molecule has 0 unspecified atom stereocenters. The summed E-state index contributed by atoms with van der Waals surface area (Å²) in [4.78, 5) is 17.5. The first-order chi connectivity index (χ1) is 21.4. The lowest BCUT2D eigenvalue weighted by molar-refractivity contribution is 1.04. The van der Waals surface area contributed by atoms with E-state index in [1.807, 2.05) is 0 Å². The second kappa shape index (κ2) is 7.52. The van der Waals surface area contributed by atoms with Gasteiger partial charge in [-0.15, -0.1) is 0 Å². The topological polar surface area (TPSA) is 40.4 Å². The minimum absolute atomic E-state index is 0.167. The number of rotatable bonds is 1. The number of anilines is 6. The quantitative estimate of drug-likeness (QED) is 0.192. The molecular weight excluding hydrogens is 527 g/mol. The molecule has 0 atom stereocenters. The molecule has 0 N–H and O–H groups in total. The highest BCUT2D eigenvalue weighted by molar-refractivity contribution is 6.80. The fraction of sp³-hybridized carbons (Fsp3) is 0. The summed E-state index contributed by atoms with van der Waals surface area (Å²) < 4.78 is 2.32. The molecule has 3 aliphatic heterocycles. The maximum atomic E-state index is 5.08. The summed E-state index contributed by atoms with van der Waals surface area (Å²) in [5, 5.41) is 7.34. The lowest BCUT2D eigenvalue weighted by atomic mass is 9.75. The molecule has 0 bridgehead atoms. The molecule has 2 aromatic heterocycles. The van der Waals surface area contributed by atoms with Gasteiger partial charge in [0, 0.05) is 44.3 Å². The molecule has 0 saturated carbocycles. The summed E-state index contributed by atoms with van der Waals surface area (Å²) in [6.45, 7) is 0. The number of nitrogens with zero attached hydrogens (tertiary/aromatic N) is 6. The van der Waals surface area contributed by atoms with E-state index < -0.39 is 0 Å². The van der Waals surface area contributed by atoms with Crippen molar-refractivity contribution in [1.29, 1.82) is 0 Å². The molecule has 0 saturated heterocycles. The zero-order valence-corrected chi connectivity index (χ0v) is 22.9. The number of aromatic nitrogens is 3. The van der Waals surface area contributed by atoms with E-state index >= 15 is 0 Å². The lowest BCUT2D eigenvalue weighted by Gasteiger charge is -2.46. The Morgan fingerprint density at radius 2 is 0.930 bits per heavy atom. The van der Waals surface area contributed by atoms with Crippen LogP contribution < -0.4 is 14.4 Å². The summed E-state index contributed by atoms with van der Waals surface area (Å²) in [6, 6.07) is 43.8. The highest BCUT2D eigenvalue weighted by Crippen LogP contribution is 2.59. The van der Waals surface area contributed by atoms with Crippen molar-refractivity contribution < 1.29 is 0 Å². The number of benzene rings is 6. The van der Waals surface area contributed by atoms with Gasteiger partial charge in [-0.05, 0) is 47.2 Å². The summed E-state index contributed by atoms with van der Waals surface area (Å²) in [7, 11) is -0.167. The Balaban J connectivity index is 1.33. The van der Waals surface area contributed by atoms with Gasteiger partial charge in [0.05, 0.1) is 11.0 Å². The average molecular weight is 548 g/mol. The summed E-state index contributed by atoms with van der Waals surface area (Å²) in [6.07, 6.45) is 1.73. The van der Waals surface area contributed by atoms with Gasteiger partial charge in [-0.1, -0.05) is 84.9 Å². The van der Waals surface area contributed by atoms with Crippen molar-refractivity contribution in [3.63, 3.8) is 0 Å². The fourth-order valence-corrected chi connectivity index (χ4v) is 7.91. The van der Waals surface area contributed by atoms with E-state index in [2.05, 4.69) is 140 Å². The predicted molar refractivity (Wildman–Crippen MR) is 176 cm³/mol. The van der Waals surface area contributed by atoms with Crippen molar-refractivity contribution in [2.24, 2.45) is 0 Å². The van der Waals surface area contributed by atoms with Crippen molar-refractivity contribution in [1.82, 2.24) is 14.5 Å². The molecule has 198 valence electrons. The Hall–Kier alpha value is -5.82. The molecule has 43 heavy (non-hydrogen) atoms. The number of hydrogen-bond acceptors (Lipinski definition) is 5. The third-order valence-corrected chi connectivity index (χ3v) is 9.50. The van der Waals surface area contributed by atoms with Crippen molar-refractivity contribution in [3.8, 4) is 5.82 Å². The molecule has 7 heteroatoms. The van der Waals surface area contributed by atoms with E-state index in [-0.39, 0.29) is 7.12 Å². The third kappa shape index (κ3) is 2.50. The van der Waals surface area contributed by atoms with Gasteiger partial charge < -0.3 is 14.4 Å². The predicted octanol–water partition coefficient (Wildman–Crippen LogP) is 8.62. The van der Waals surface area contributed by atoms with Crippen molar-refractivity contribution >= 4 is 84.7 Å². The molecule has 0 spiro atoms. The normalized spacial score (nSPS) is 14.3. The molecule has 8 aromatic rings. The van der Waals surface area contributed by atoms with Gasteiger partial charge in [-0.2, -0.15) is 0 Å². The van der Waals surface area contributed by atoms with E-state index in [0.29, 0.717) is 0 Å². The number of hydrogen-bond donors (Lipinski definition) is 0. The molecule has 6 aromatic carbocycles. The lowest BCUT2D eigenvalue weighted by Crippen LogP contribution is -2.59. The van der Waals surface area contributed by atoms with Gasteiger partial charge in [0.25, 0.3) is 0 Å². The molecule has 0 radical (unpaired) electrons. The zero-order chi connectivity index (χ0) is 27.8. The van der Waals surface area contributed by atoms with Crippen LogP contribution in [0.25, 0.3) is 49.2 Å². The van der Waals surface area contributed by atoms with E-state index in [4.69, 9.17) is 9.97 Å². The highest BCUT2D eigenvalue weighted by atomic mass is 15.5. The van der Waals surface area contributed by atoms with Crippen LogP contribution in [0.2, 0.25) is 0 Å². The first-order valence-corrected chi connectivity index (χ1v) is 14.6. The Bertz CT molecular complexity index is 2460. The van der Waals surface area contributed by atoms with E-state index in [1.54, 1.807) is 6.33 Å². The monoisotopic (exact) mass is 548 g/mol. The van der Waals surface area contributed by atoms with Crippen LogP contribution in [-0.2, 0) is 0 Å². The van der Waals surface area contributed by atoms with E-state index in [1.165, 1.54) is 49.4 Å². The minimum atomic E-state index is -0.167. The average Bonchev–Trinajstić information content (AvgIpc) is 3.59.